The fourth-order valence-corrected chi connectivity index (χ4v) is 0.333. The summed E-state index contributed by atoms with van der Waals surface area (Å²) in [6.45, 7) is 0. The van der Waals surface area contributed by atoms with Gasteiger partial charge in [0.1, 0.15) is 0 Å². The van der Waals surface area contributed by atoms with Gasteiger partial charge in [-0.25, -0.2) is 0 Å². The van der Waals surface area contributed by atoms with Crippen molar-refractivity contribution in [2.24, 2.45) is 0 Å². The minimum atomic E-state index is 0.278. The van der Waals surface area contributed by atoms with Crippen LogP contribution in [0.5, 0.6) is 0 Å². The summed E-state index contributed by atoms with van der Waals surface area (Å²) < 4.78 is 0. The van der Waals surface area contributed by atoms with Crippen LogP contribution in [-0.4, -0.2) is 21.6 Å². The molecule has 0 saturated heterocycles. The maximum absolute atomic E-state index is 2.39. The van der Waals surface area contributed by atoms with Crippen LogP contribution in [0.2, 0.25) is 0 Å². The molecule has 0 atom stereocenters. The second-order valence-electron chi connectivity index (χ2n) is 1.54. The van der Waals surface area contributed by atoms with Crippen molar-refractivity contribution < 1.29 is 23.7 Å². The van der Waals surface area contributed by atoms with E-state index >= 15 is 0 Å². The molecule has 0 aliphatic rings. The minimum absolute atomic E-state index is 0.278. The number of rotatable bonds is 2. The van der Waals surface area contributed by atoms with E-state index in [4.69, 9.17) is 0 Å². The summed E-state index contributed by atoms with van der Waals surface area (Å²) in [4.78, 5) is 0. The van der Waals surface area contributed by atoms with E-state index < -0.39 is 0 Å². The van der Waals surface area contributed by atoms with E-state index in [2.05, 4.69) is 61.8 Å². The van der Waals surface area contributed by atoms with Crippen molar-refractivity contribution in [3.63, 3.8) is 0 Å². The van der Waals surface area contributed by atoms with Crippen molar-refractivity contribution in [2.45, 2.75) is 0 Å². The van der Waals surface area contributed by atoms with Gasteiger partial charge in [0.2, 0.25) is 0 Å². The van der Waals surface area contributed by atoms with E-state index in [1.165, 1.54) is 0 Å². The summed E-state index contributed by atoms with van der Waals surface area (Å²) in [6, 6.07) is 0. The average Bonchev–Trinajstić information content (AvgIpc) is 1.71. The maximum atomic E-state index is 2.39. The Labute approximate surface area is 81.2 Å². The zero-order valence-corrected chi connectivity index (χ0v) is 11.8. The molecule has 0 rings (SSSR count). The molecule has 0 fully saturated rings. The zero-order chi connectivity index (χ0) is 6.83. The van der Waals surface area contributed by atoms with Gasteiger partial charge in [-0.05, 0) is 0 Å². The van der Waals surface area contributed by atoms with Crippen LogP contribution in [0.4, 0.5) is 0 Å². The summed E-state index contributed by atoms with van der Waals surface area (Å²) in [5.41, 5.74) is 0. The average molecular weight is 456 g/mol. The number of hydrogen-bond donors (Lipinski definition) is 2. The van der Waals surface area contributed by atoms with Crippen molar-refractivity contribution in [1.29, 1.82) is 0 Å². The molecule has 0 radical (unpaired) electrons. The van der Waals surface area contributed by atoms with Crippen LogP contribution in [0.25, 0.3) is 0 Å². The van der Waals surface area contributed by atoms with E-state index in [0.717, 1.165) is 0 Å². The molecule has 0 aromatic heterocycles. The van der Waals surface area contributed by atoms with Crippen LogP contribution < -0.4 is 23.7 Å². The number of hydrogen-bond acceptors (Lipinski definition) is 0. The molecule has 54 valence electrons. The monoisotopic (exact) mass is 456 g/mol. The van der Waals surface area contributed by atoms with Crippen LogP contribution in [0.15, 0.2) is 0 Å². The van der Waals surface area contributed by atoms with Crippen LogP contribution in [0.1, 0.15) is 0 Å². The molecule has 0 saturated carbocycles. The Bertz CT molecular complexity index is 29.2. The van der Waals surface area contributed by atoms with E-state index in [1.54, 1.807) is 0 Å². The second-order valence-corrected chi connectivity index (χ2v) is 17.8. The van der Waals surface area contributed by atoms with Gasteiger partial charge < -0.3 is 10.5 Å². The Kier molecular flexibility index (Phi) is 25.8. The summed E-state index contributed by atoms with van der Waals surface area (Å²) >= 11 is 5.30. The van der Waals surface area contributed by atoms with E-state index in [-0.39, 0.29) is 7.55 Å². The fraction of sp³-hybridized carbons (Fsp3) is 1.00. The fourth-order valence-electron chi connectivity index (χ4n) is 0.333. The van der Waals surface area contributed by atoms with Crippen LogP contribution in [-0.2, 0) is 0 Å². The Morgan fingerprint density at radius 1 is 1.25 bits per heavy atom. The third-order valence-corrected chi connectivity index (χ3v) is 0.667. The van der Waals surface area contributed by atoms with Crippen molar-refractivity contribution in [3.8, 4) is 0 Å². The van der Waals surface area contributed by atoms with Gasteiger partial charge in [0.15, 0.2) is 0 Å². The molecular formula is C2H12BI3N2. The molecular weight excluding hydrogens is 444 g/mol. The van der Waals surface area contributed by atoms with Crippen molar-refractivity contribution in [1.82, 2.24) is 0 Å². The van der Waals surface area contributed by atoms with Crippen LogP contribution in [0.3, 0.4) is 0 Å². The Morgan fingerprint density at radius 2 is 1.50 bits per heavy atom. The quantitative estimate of drug-likeness (QED) is 0.310. The van der Waals surface area contributed by atoms with Gasteiger partial charge in [0.05, 0.1) is 0 Å². The topological polar surface area (TPSA) is 33.2 Å². The summed E-state index contributed by atoms with van der Waals surface area (Å²) in [5, 5.41) is 4.50. The molecule has 0 heterocycles. The first-order chi connectivity index (χ1) is 3.83. The first-order valence-electron chi connectivity index (χ1n) is 2.60. The molecule has 0 aliphatic carbocycles. The van der Waals surface area contributed by atoms with Crippen LogP contribution in [0, 0.1) is 0 Å². The SMILES string of the molecule is C[NH2+][BH2-][NH2+]C.I[I-]I. The van der Waals surface area contributed by atoms with E-state index in [9.17, 15) is 0 Å². The third-order valence-electron chi connectivity index (χ3n) is 0.667. The third kappa shape index (κ3) is 24.1. The molecule has 2 nitrogen and oxygen atoms in total. The number of halogens is 3. The van der Waals surface area contributed by atoms with Crippen molar-refractivity contribution in [3.05, 3.63) is 0 Å². The zero-order valence-electron chi connectivity index (χ0n) is 5.29. The molecule has 0 aromatic rings. The van der Waals surface area contributed by atoms with Gasteiger partial charge in [0.25, 0.3) is 0 Å². The summed E-state index contributed by atoms with van der Waals surface area (Å²) in [5.74, 6) is 0. The second kappa shape index (κ2) is 16.1. The number of nitrogens with two attached hydrogens (primary N) is 2. The van der Waals surface area contributed by atoms with E-state index in [1.807, 2.05) is 0 Å². The molecule has 0 aromatic carbocycles. The molecule has 4 N–H and O–H groups in total. The van der Waals surface area contributed by atoms with Crippen molar-refractivity contribution >= 4 is 44.8 Å². The Balaban J connectivity index is 0. The van der Waals surface area contributed by atoms with Gasteiger partial charge in [-0.2, -0.15) is 0 Å². The van der Waals surface area contributed by atoms with Crippen molar-refractivity contribution in [2.75, 3.05) is 14.1 Å². The first-order valence-corrected chi connectivity index (χ1v) is 15.2. The van der Waals surface area contributed by atoms with Gasteiger partial charge in [-0.3, -0.25) is 0 Å². The summed E-state index contributed by atoms with van der Waals surface area (Å²) in [6.07, 6.45) is 0. The molecule has 0 amide bonds. The van der Waals surface area contributed by atoms with Gasteiger partial charge in [0, 0.05) is 14.1 Å². The molecule has 8 heavy (non-hydrogen) atoms. The molecule has 6 heteroatoms. The number of quaternary nitrogens is 2. The predicted octanol–water partition coefficient (Wildman–Crippen LogP) is -4.85. The van der Waals surface area contributed by atoms with Gasteiger partial charge in [-0.1, -0.05) is 0 Å². The normalized spacial score (nSPS) is 8.00. The first kappa shape index (κ1) is 12.8. The Hall–Kier alpha value is 2.17. The Morgan fingerprint density at radius 3 is 1.50 bits per heavy atom. The van der Waals surface area contributed by atoms with Crippen LogP contribution >= 0.6 is 37.2 Å². The van der Waals surface area contributed by atoms with Gasteiger partial charge >= 0.3 is 58.0 Å². The molecule has 0 spiro atoms. The molecule has 0 bridgehead atoms. The standard InChI is InChI=1S/C2H12BN2.I3/c1-4-3-5-2;1-3-2/h3-5H2,1-2H3;/q+1;-1. The van der Waals surface area contributed by atoms with Gasteiger partial charge in [-0.15, -0.1) is 0 Å². The predicted molar refractivity (Wildman–Crippen MR) is 52.3 cm³/mol. The summed E-state index contributed by atoms with van der Waals surface area (Å²) in [7, 11) is 4.50. The molecule has 0 aliphatic heterocycles. The molecule has 0 unspecified atom stereocenters. The van der Waals surface area contributed by atoms with E-state index in [0.29, 0.717) is 13.3 Å².